The van der Waals surface area contributed by atoms with E-state index in [0.29, 0.717) is 10.0 Å². The number of carbonyl (C=O) groups is 1. The zero-order chi connectivity index (χ0) is 14.0. The Morgan fingerprint density at radius 2 is 1.56 bits per heavy atom. The van der Waals surface area contributed by atoms with Crippen LogP contribution in [-0.4, -0.2) is 17.9 Å². The maximum absolute atomic E-state index is 12.6. The largest absolute Gasteiger partial charge is 0.461 e. The molecule has 0 saturated heterocycles. The van der Waals surface area contributed by atoms with Crippen LogP contribution in [0.15, 0.2) is 34.8 Å². The van der Waals surface area contributed by atoms with Crippen molar-refractivity contribution in [2.24, 2.45) is 0 Å². The Morgan fingerprint density at radius 3 is 2.00 bits per heavy atom. The molecule has 1 nitrogen and oxygen atoms in total. The highest BCUT2D eigenvalue weighted by molar-refractivity contribution is 9.10. The Bertz CT molecular complexity index is 461. The molecule has 18 heavy (non-hydrogen) atoms. The van der Waals surface area contributed by atoms with E-state index in [1.807, 2.05) is 0 Å². The third kappa shape index (κ3) is 3.38. The quantitative estimate of drug-likeness (QED) is 0.599. The molecule has 0 aliphatic heterocycles. The van der Waals surface area contributed by atoms with Gasteiger partial charge in [-0.25, -0.2) is 0 Å². The minimum atomic E-state index is -5.88. The molecule has 0 atom stereocenters. The molecule has 0 unspecified atom stereocenters. The van der Waals surface area contributed by atoms with E-state index >= 15 is 0 Å². The highest BCUT2D eigenvalue weighted by Crippen LogP contribution is 2.36. The van der Waals surface area contributed by atoms with Gasteiger partial charge in [0.2, 0.25) is 5.78 Å². The van der Waals surface area contributed by atoms with E-state index in [-0.39, 0.29) is 6.08 Å². The first kappa shape index (κ1) is 14.8. The Morgan fingerprint density at radius 1 is 1.06 bits per heavy atom. The summed E-state index contributed by atoms with van der Waals surface area (Å²) in [5.74, 6) is -7.66. The van der Waals surface area contributed by atoms with Crippen LogP contribution < -0.4 is 0 Å². The van der Waals surface area contributed by atoms with Crippen molar-refractivity contribution in [3.05, 3.63) is 40.4 Å². The molecule has 0 N–H and O–H groups in total. The molecule has 0 aliphatic rings. The number of benzene rings is 1. The molecule has 0 saturated carbocycles. The lowest BCUT2D eigenvalue weighted by Crippen LogP contribution is -2.43. The smallest absolute Gasteiger partial charge is 0.288 e. The highest BCUT2D eigenvalue weighted by atomic mass is 79.9. The summed E-state index contributed by atoms with van der Waals surface area (Å²) in [6.45, 7) is 0. The summed E-state index contributed by atoms with van der Waals surface area (Å²) in [5.41, 5.74) is 0.338. The van der Waals surface area contributed by atoms with Gasteiger partial charge in [0.05, 0.1) is 0 Å². The van der Waals surface area contributed by atoms with E-state index in [2.05, 4.69) is 15.9 Å². The predicted molar refractivity (Wildman–Crippen MR) is 59.2 cm³/mol. The number of alkyl halides is 5. The first-order valence-corrected chi connectivity index (χ1v) is 5.36. The number of ketones is 1. The standard InChI is InChI=1S/C11H6BrF5O/c12-8-4-1-7(2-5-8)3-6-9(18)10(13,14)11(15,16)17/h1-6H. The fraction of sp³-hybridized carbons (Fsp3) is 0.182. The molecule has 0 amide bonds. The van der Waals surface area contributed by atoms with E-state index in [9.17, 15) is 26.7 Å². The van der Waals surface area contributed by atoms with Gasteiger partial charge in [-0.05, 0) is 23.8 Å². The van der Waals surface area contributed by atoms with Gasteiger partial charge >= 0.3 is 12.1 Å². The fourth-order valence-corrected chi connectivity index (χ4v) is 1.25. The third-order valence-electron chi connectivity index (χ3n) is 1.96. The van der Waals surface area contributed by atoms with Gasteiger partial charge in [0.1, 0.15) is 0 Å². The summed E-state index contributed by atoms with van der Waals surface area (Å²) in [6.07, 6.45) is -4.76. The first-order chi connectivity index (χ1) is 8.14. The van der Waals surface area contributed by atoms with Gasteiger partial charge in [0.15, 0.2) is 0 Å². The number of carbonyl (C=O) groups excluding carboxylic acids is 1. The lowest BCUT2D eigenvalue weighted by Gasteiger charge is -2.15. The average molecular weight is 329 g/mol. The number of hydrogen-bond acceptors (Lipinski definition) is 1. The Labute approximate surface area is 107 Å². The Hall–Kier alpha value is -1.24. The second-order valence-corrected chi connectivity index (χ2v) is 4.24. The zero-order valence-corrected chi connectivity index (χ0v) is 10.2. The second kappa shape index (κ2) is 5.17. The topological polar surface area (TPSA) is 17.1 Å². The summed E-state index contributed by atoms with van der Waals surface area (Å²) in [7, 11) is 0. The van der Waals surface area contributed by atoms with E-state index in [4.69, 9.17) is 0 Å². The summed E-state index contributed by atoms with van der Waals surface area (Å²) in [5, 5.41) is 0. The van der Waals surface area contributed by atoms with Crippen molar-refractivity contribution in [3.8, 4) is 0 Å². The molecule has 1 rings (SSSR count). The number of halogens is 6. The minimum Gasteiger partial charge on any atom is -0.288 e. The molecule has 0 aromatic heterocycles. The molecule has 98 valence electrons. The van der Waals surface area contributed by atoms with Crippen molar-refractivity contribution in [1.82, 2.24) is 0 Å². The van der Waals surface area contributed by atoms with Gasteiger partial charge in [0, 0.05) is 4.47 Å². The van der Waals surface area contributed by atoms with Crippen LogP contribution in [0.5, 0.6) is 0 Å². The van der Waals surface area contributed by atoms with Crippen LogP contribution in [0.25, 0.3) is 6.08 Å². The lowest BCUT2D eigenvalue weighted by atomic mass is 10.1. The average Bonchev–Trinajstić information content (AvgIpc) is 2.26. The van der Waals surface area contributed by atoms with Crippen molar-refractivity contribution in [2.75, 3.05) is 0 Å². The second-order valence-electron chi connectivity index (χ2n) is 3.32. The number of allylic oxidation sites excluding steroid dienone is 1. The van der Waals surface area contributed by atoms with E-state index in [1.165, 1.54) is 12.1 Å². The Balaban J connectivity index is 2.85. The van der Waals surface area contributed by atoms with E-state index < -0.39 is 17.9 Å². The fourth-order valence-electron chi connectivity index (χ4n) is 0.990. The van der Waals surface area contributed by atoms with Crippen LogP contribution in [0.3, 0.4) is 0 Å². The molecule has 1 aromatic rings. The van der Waals surface area contributed by atoms with Crippen LogP contribution in [0.4, 0.5) is 22.0 Å². The van der Waals surface area contributed by atoms with Crippen LogP contribution in [-0.2, 0) is 4.79 Å². The van der Waals surface area contributed by atoms with Crippen molar-refractivity contribution in [3.63, 3.8) is 0 Å². The van der Waals surface area contributed by atoms with Crippen molar-refractivity contribution >= 4 is 27.8 Å². The number of rotatable bonds is 3. The summed E-state index contributed by atoms with van der Waals surface area (Å²) < 4.78 is 61.4. The molecule has 0 bridgehead atoms. The molecular weight excluding hydrogens is 323 g/mol. The van der Waals surface area contributed by atoms with Crippen LogP contribution in [0.1, 0.15) is 5.56 Å². The molecular formula is C11H6BrF5O. The minimum absolute atomic E-state index is 0.219. The van der Waals surface area contributed by atoms with Crippen molar-refractivity contribution in [1.29, 1.82) is 0 Å². The monoisotopic (exact) mass is 328 g/mol. The van der Waals surface area contributed by atoms with E-state index in [0.717, 1.165) is 6.08 Å². The van der Waals surface area contributed by atoms with Gasteiger partial charge in [-0.1, -0.05) is 34.1 Å². The molecule has 7 heteroatoms. The van der Waals surface area contributed by atoms with Gasteiger partial charge < -0.3 is 0 Å². The number of hydrogen-bond donors (Lipinski definition) is 0. The summed E-state index contributed by atoms with van der Waals surface area (Å²) >= 11 is 3.12. The van der Waals surface area contributed by atoms with Crippen LogP contribution >= 0.6 is 15.9 Å². The van der Waals surface area contributed by atoms with E-state index in [1.54, 1.807) is 12.1 Å². The van der Waals surface area contributed by atoms with Gasteiger partial charge in [0.25, 0.3) is 0 Å². The summed E-state index contributed by atoms with van der Waals surface area (Å²) in [4.78, 5) is 10.8. The van der Waals surface area contributed by atoms with Crippen molar-refractivity contribution < 1.29 is 26.7 Å². The van der Waals surface area contributed by atoms with Crippen LogP contribution in [0, 0.1) is 0 Å². The maximum atomic E-state index is 12.6. The maximum Gasteiger partial charge on any atom is 0.461 e. The zero-order valence-electron chi connectivity index (χ0n) is 8.64. The molecule has 0 radical (unpaired) electrons. The normalized spacial score (nSPS) is 13.0. The van der Waals surface area contributed by atoms with Crippen molar-refractivity contribution in [2.45, 2.75) is 12.1 Å². The van der Waals surface area contributed by atoms with Gasteiger partial charge in [-0.15, -0.1) is 0 Å². The van der Waals surface area contributed by atoms with Gasteiger partial charge in [-0.3, -0.25) is 4.79 Å². The highest BCUT2D eigenvalue weighted by Gasteiger charge is 2.62. The molecule has 0 spiro atoms. The Kier molecular flexibility index (Phi) is 4.26. The molecule has 0 heterocycles. The van der Waals surface area contributed by atoms with Crippen LogP contribution in [0.2, 0.25) is 0 Å². The first-order valence-electron chi connectivity index (χ1n) is 4.57. The summed E-state index contributed by atoms with van der Waals surface area (Å²) in [6, 6.07) is 6.04. The third-order valence-corrected chi connectivity index (χ3v) is 2.49. The predicted octanol–water partition coefficient (Wildman–Crippen LogP) is 4.23. The molecule has 0 fully saturated rings. The SMILES string of the molecule is O=C(C=Cc1ccc(Br)cc1)C(F)(F)C(F)(F)F. The van der Waals surface area contributed by atoms with Gasteiger partial charge in [-0.2, -0.15) is 22.0 Å². The lowest BCUT2D eigenvalue weighted by molar-refractivity contribution is -0.266. The molecule has 1 aromatic carbocycles. The molecule has 0 aliphatic carbocycles.